The summed E-state index contributed by atoms with van der Waals surface area (Å²) in [6.07, 6.45) is 5.76. The lowest BCUT2D eigenvalue weighted by Gasteiger charge is -2.41. The van der Waals surface area contributed by atoms with Gasteiger partial charge in [0.15, 0.2) is 0 Å². The molecule has 1 heterocycles. The van der Waals surface area contributed by atoms with E-state index in [4.69, 9.17) is 0 Å². The Hall–Kier alpha value is 0.270. The average molecular weight is 270 g/mol. The summed E-state index contributed by atoms with van der Waals surface area (Å²) in [6, 6.07) is 0. The van der Waals surface area contributed by atoms with Gasteiger partial charge >= 0.3 is 0 Å². The molecule has 0 aromatic rings. The number of hydrogen-bond acceptors (Lipinski definition) is 3. The zero-order valence-electron chi connectivity index (χ0n) is 12.4. The molecule has 0 radical (unpaired) electrons. The van der Waals surface area contributed by atoms with Gasteiger partial charge in [-0.15, -0.1) is 0 Å². The molecule has 1 saturated carbocycles. The molecule has 18 heavy (non-hydrogen) atoms. The molecular weight excluding hydrogens is 240 g/mol. The number of nitrogens with one attached hydrogen (secondary N) is 1. The van der Waals surface area contributed by atoms with Gasteiger partial charge in [0.2, 0.25) is 0 Å². The van der Waals surface area contributed by atoms with Crippen molar-refractivity contribution in [3.05, 3.63) is 0 Å². The van der Waals surface area contributed by atoms with Crippen molar-refractivity contribution in [3.8, 4) is 0 Å². The third-order valence-electron chi connectivity index (χ3n) is 4.47. The lowest BCUT2D eigenvalue weighted by Crippen LogP contribution is -2.48. The summed E-state index contributed by atoms with van der Waals surface area (Å²) in [4.78, 5) is 2.74. The molecule has 0 aromatic heterocycles. The van der Waals surface area contributed by atoms with Crippen molar-refractivity contribution in [1.29, 1.82) is 0 Å². The predicted molar refractivity (Wildman–Crippen MR) is 82.4 cm³/mol. The number of rotatable bonds is 5. The van der Waals surface area contributed by atoms with Crippen molar-refractivity contribution in [2.45, 2.75) is 57.0 Å². The van der Waals surface area contributed by atoms with Gasteiger partial charge in [-0.05, 0) is 24.8 Å². The Morgan fingerprint density at radius 1 is 1.17 bits per heavy atom. The predicted octanol–water partition coefficient (Wildman–Crippen LogP) is 2.98. The summed E-state index contributed by atoms with van der Waals surface area (Å²) in [7, 11) is 0. The van der Waals surface area contributed by atoms with E-state index in [0.717, 1.165) is 17.0 Å². The average Bonchev–Trinajstić information content (AvgIpc) is 2.74. The fourth-order valence-electron chi connectivity index (χ4n) is 3.79. The molecule has 0 amide bonds. The molecule has 2 aliphatic rings. The normalized spacial score (nSPS) is 32.8. The van der Waals surface area contributed by atoms with E-state index in [1.807, 2.05) is 0 Å². The fraction of sp³-hybridized carbons (Fsp3) is 1.00. The van der Waals surface area contributed by atoms with Gasteiger partial charge in [-0.3, -0.25) is 0 Å². The number of hydrogen-bond donors (Lipinski definition) is 1. The summed E-state index contributed by atoms with van der Waals surface area (Å²) >= 11 is 2.16. The Labute approximate surface area is 117 Å². The maximum absolute atomic E-state index is 3.61. The van der Waals surface area contributed by atoms with E-state index in [0.29, 0.717) is 5.41 Å². The van der Waals surface area contributed by atoms with Gasteiger partial charge in [-0.25, -0.2) is 0 Å². The van der Waals surface area contributed by atoms with Gasteiger partial charge in [0, 0.05) is 36.7 Å². The van der Waals surface area contributed by atoms with Crippen molar-refractivity contribution >= 4 is 11.8 Å². The summed E-state index contributed by atoms with van der Waals surface area (Å²) < 4.78 is 0. The zero-order chi connectivity index (χ0) is 13.0. The first-order valence-corrected chi connectivity index (χ1v) is 8.66. The molecule has 106 valence electrons. The largest absolute Gasteiger partial charge is 0.316 e. The second-order valence-electron chi connectivity index (χ2n) is 6.44. The third-order valence-corrected chi connectivity index (χ3v) is 5.70. The van der Waals surface area contributed by atoms with E-state index in [1.165, 1.54) is 51.9 Å². The first kappa shape index (κ1) is 14.7. The minimum atomic E-state index is 0.581. The molecule has 2 rings (SSSR count). The monoisotopic (exact) mass is 270 g/mol. The molecule has 0 spiro atoms. The van der Waals surface area contributed by atoms with E-state index in [1.54, 1.807) is 0 Å². The highest BCUT2D eigenvalue weighted by atomic mass is 32.2. The molecule has 2 nitrogen and oxygen atoms in total. The first-order chi connectivity index (χ1) is 8.63. The number of nitrogens with zero attached hydrogens (tertiary/aromatic N) is 1. The maximum atomic E-state index is 3.61. The van der Waals surface area contributed by atoms with Crippen LogP contribution in [0.5, 0.6) is 0 Å². The molecule has 0 aromatic carbocycles. The van der Waals surface area contributed by atoms with Crippen LogP contribution in [0.25, 0.3) is 0 Å². The van der Waals surface area contributed by atoms with Crippen LogP contribution in [0.1, 0.15) is 46.5 Å². The van der Waals surface area contributed by atoms with Crippen LogP contribution in [0.15, 0.2) is 0 Å². The molecule has 1 aliphatic heterocycles. The Kier molecular flexibility index (Phi) is 5.40. The van der Waals surface area contributed by atoms with Gasteiger partial charge < -0.3 is 10.2 Å². The van der Waals surface area contributed by atoms with Crippen LogP contribution in [0, 0.1) is 5.41 Å². The van der Waals surface area contributed by atoms with Gasteiger partial charge in [0.05, 0.1) is 0 Å². The SMILES string of the molecule is CCNCC1(CN2CC(C)SC(C)C2)CCCC1. The van der Waals surface area contributed by atoms with E-state index in [-0.39, 0.29) is 0 Å². The molecule has 3 heteroatoms. The Morgan fingerprint density at radius 3 is 2.33 bits per heavy atom. The minimum Gasteiger partial charge on any atom is -0.316 e. The summed E-state index contributed by atoms with van der Waals surface area (Å²) in [5.41, 5.74) is 0.581. The van der Waals surface area contributed by atoms with Crippen LogP contribution < -0.4 is 5.32 Å². The van der Waals surface area contributed by atoms with E-state index < -0.39 is 0 Å². The minimum absolute atomic E-state index is 0.581. The maximum Gasteiger partial charge on any atom is 0.0149 e. The smallest absolute Gasteiger partial charge is 0.0149 e. The van der Waals surface area contributed by atoms with E-state index in [2.05, 4.69) is 42.7 Å². The van der Waals surface area contributed by atoms with Crippen molar-refractivity contribution in [3.63, 3.8) is 0 Å². The second-order valence-corrected chi connectivity index (χ2v) is 8.32. The third kappa shape index (κ3) is 3.88. The molecule has 1 saturated heterocycles. The first-order valence-electron chi connectivity index (χ1n) is 7.72. The van der Waals surface area contributed by atoms with Crippen LogP contribution >= 0.6 is 11.8 Å². The highest BCUT2D eigenvalue weighted by molar-refractivity contribution is 8.00. The lowest BCUT2D eigenvalue weighted by molar-refractivity contribution is 0.147. The van der Waals surface area contributed by atoms with Gasteiger partial charge in [0.1, 0.15) is 0 Å². The fourth-order valence-corrected chi connectivity index (χ4v) is 5.18. The Balaban J connectivity index is 1.91. The van der Waals surface area contributed by atoms with Crippen LogP contribution in [0.3, 0.4) is 0 Å². The quantitative estimate of drug-likeness (QED) is 0.827. The molecule has 1 N–H and O–H groups in total. The molecule has 2 fully saturated rings. The Morgan fingerprint density at radius 2 is 1.78 bits per heavy atom. The van der Waals surface area contributed by atoms with Crippen LogP contribution in [0.4, 0.5) is 0 Å². The topological polar surface area (TPSA) is 15.3 Å². The van der Waals surface area contributed by atoms with Crippen LogP contribution in [0.2, 0.25) is 0 Å². The summed E-state index contributed by atoms with van der Waals surface area (Å²) in [5, 5.41) is 5.23. The second kappa shape index (κ2) is 6.62. The zero-order valence-corrected chi connectivity index (χ0v) is 13.2. The lowest BCUT2D eigenvalue weighted by atomic mass is 9.85. The highest BCUT2D eigenvalue weighted by Crippen LogP contribution is 2.39. The highest BCUT2D eigenvalue weighted by Gasteiger charge is 2.36. The van der Waals surface area contributed by atoms with Crippen LogP contribution in [-0.2, 0) is 0 Å². The standard InChI is InChI=1S/C15H30N2S/c1-4-16-11-15(7-5-6-8-15)12-17-9-13(2)18-14(3)10-17/h13-14,16H,4-12H2,1-3H3. The molecule has 2 unspecified atom stereocenters. The van der Waals surface area contributed by atoms with Crippen molar-refractivity contribution in [1.82, 2.24) is 10.2 Å². The Bertz CT molecular complexity index is 241. The molecule has 1 aliphatic carbocycles. The van der Waals surface area contributed by atoms with E-state index >= 15 is 0 Å². The molecule has 0 bridgehead atoms. The van der Waals surface area contributed by atoms with Crippen molar-refractivity contribution < 1.29 is 0 Å². The summed E-state index contributed by atoms with van der Waals surface area (Å²) in [5.74, 6) is 0. The van der Waals surface area contributed by atoms with Gasteiger partial charge in [0.25, 0.3) is 0 Å². The van der Waals surface area contributed by atoms with Crippen molar-refractivity contribution in [2.75, 3.05) is 32.7 Å². The van der Waals surface area contributed by atoms with Gasteiger partial charge in [-0.1, -0.05) is 33.6 Å². The summed E-state index contributed by atoms with van der Waals surface area (Å²) in [6.45, 7) is 13.3. The molecule has 2 atom stereocenters. The number of thioether (sulfide) groups is 1. The van der Waals surface area contributed by atoms with E-state index in [9.17, 15) is 0 Å². The molecular formula is C15H30N2S. The van der Waals surface area contributed by atoms with Crippen LogP contribution in [-0.4, -0.2) is 48.1 Å². The van der Waals surface area contributed by atoms with Gasteiger partial charge in [-0.2, -0.15) is 11.8 Å². The van der Waals surface area contributed by atoms with Crippen molar-refractivity contribution in [2.24, 2.45) is 5.41 Å².